The molecule has 0 spiro atoms. The molecule has 38 heavy (non-hydrogen) atoms. The first-order chi connectivity index (χ1) is 18.2. The number of nitrogens with one attached hydrogen (secondary N) is 2. The summed E-state index contributed by atoms with van der Waals surface area (Å²) in [6, 6.07) is 7.06. The lowest BCUT2D eigenvalue weighted by atomic mass is 10.0. The third-order valence-corrected chi connectivity index (χ3v) is 6.17. The van der Waals surface area contributed by atoms with Crippen molar-refractivity contribution in [2.24, 2.45) is 0 Å². The minimum absolute atomic E-state index is 0.0490. The van der Waals surface area contributed by atoms with Gasteiger partial charge in [0.25, 0.3) is 0 Å². The van der Waals surface area contributed by atoms with Crippen molar-refractivity contribution in [1.82, 2.24) is 10.3 Å². The number of carbonyl (C=O) groups excluding carboxylic acids is 1. The van der Waals surface area contributed by atoms with Gasteiger partial charge in [0.15, 0.2) is 11.6 Å². The van der Waals surface area contributed by atoms with Gasteiger partial charge in [0.1, 0.15) is 17.3 Å². The molecule has 3 aromatic rings. The minimum atomic E-state index is -0.998. The van der Waals surface area contributed by atoms with Crippen molar-refractivity contribution < 1.29 is 27.9 Å². The third kappa shape index (κ3) is 5.68. The maximum atomic E-state index is 15.5. The van der Waals surface area contributed by atoms with Gasteiger partial charge in [-0.05, 0) is 50.2 Å². The van der Waals surface area contributed by atoms with Gasteiger partial charge in [-0.1, -0.05) is 17.7 Å². The van der Waals surface area contributed by atoms with Gasteiger partial charge >= 0.3 is 12.0 Å². The van der Waals surface area contributed by atoms with Crippen LogP contribution in [-0.2, 0) is 4.79 Å². The van der Waals surface area contributed by atoms with Crippen molar-refractivity contribution in [3.8, 4) is 11.1 Å². The van der Waals surface area contributed by atoms with Crippen LogP contribution in [0.2, 0.25) is 5.02 Å². The summed E-state index contributed by atoms with van der Waals surface area (Å²) in [6.07, 6.45) is 1.49. The quantitative estimate of drug-likeness (QED) is 0.278. The highest BCUT2D eigenvalue weighted by atomic mass is 35.5. The fourth-order valence-electron chi connectivity index (χ4n) is 4.24. The third-order valence-electron chi connectivity index (χ3n) is 5.93. The number of hydrogen-bond acceptors (Lipinski definition) is 5. The monoisotopic (exact) mass is 547 g/mol. The predicted octanol–water partition coefficient (Wildman–Crippen LogP) is 5.78. The first-order valence-electron chi connectivity index (χ1n) is 11.9. The van der Waals surface area contributed by atoms with E-state index in [0.717, 1.165) is 23.2 Å². The molecular weight excluding hydrogens is 523 g/mol. The highest BCUT2D eigenvalue weighted by molar-refractivity contribution is 6.31. The Bertz CT molecular complexity index is 1350. The number of benzene rings is 2. The molecule has 1 aliphatic heterocycles. The molecule has 2 amide bonds. The van der Waals surface area contributed by atoms with E-state index in [9.17, 15) is 14.0 Å². The maximum Gasteiger partial charge on any atom is 0.334 e. The van der Waals surface area contributed by atoms with E-state index in [0.29, 0.717) is 31.6 Å². The van der Waals surface area contributed by atoms with E-state index in [-0.39, 0.29) is 40.7 Å². The molecule has 2 aromatic carbocycles. The largest absolute Gasteiger partial charge is 0.481 e. The number of nitrogens with zero attached hydrogens (tertiary/aromatic N) is 3. The van der Waals surface area contributed by atoms with Gasteiger partial charge in [0, 0.05) is 47.9 Å². The van der Waals surface area contributed by atoms with E-state index in [4.69, 9.17) is 16.7 Å². The van der Waals surface area contributed by atoms with Crippen molar-refractivity contribution in [3.63, 3.8) is 0 Å². The SMILES string of the molecule is CCN1C(=O)N(c2c(F)cc(NCCNCCCC(=O)O)cc2F)c2cc(Cl)ccc2-c2cc(F)cnc21. The second-order valence-electron chi connectivity index (χ2n) is 8.51. The number of fused-ring (bicyclic) bond motifs is 3. The highest BCUT2D eigenvalue weighted by Gasteiger charge is 2.36. The van der Waals surface area contributed by atoms with Gasteiger partial charge in [0.05, 0.1) is 11.9 Å². The van der Waals surface area contributed by atoms with E-state index in [1.807, 2.05) is 0 Å². The number of carboxylic acids is 1. The number of urea groups is 1. The molecule has 8 nitrogen and oxygen atoms in total. The Labute approximate surface area is 222 Å². The van der Waals surface area contributed by atoms with Gasteiger partial charge in [-0.2, -0.15) is 0 Å². The number of aromatic nitrogens is 1. The molecule has 0 saturated carbocycles. The van der Waals surface area contributed by atoms with Crippen LogP contribution in [0.3, 0.4) is 0 Å². The zero-order chi connectivity index (χ0) is 27.4. The predicted molar refractivity (Wildman–Crippen MR) is 140 cm³/mol. The van der Waals surface area contributed by atoms with Gasteiger partial charge in [-0.15, -0.1) is 0 Å². The molecule has 2 heterocycles. The Balaban J connectivity index is 1.66. The van der Waals surface area contributed by atoms with E-state index in [1.165, 1.54) is 23.1 Å². The average molecular weight is 548 g/mol. The first-order valence-corrected chi connectivity index (χ1v) is 12.3. The number of pyridine rings is 1. The molecule has 0 radical (unpaired) electrons. The number of halogens is 4. The number of amides is 2. The van der Waals surface area contributed by atoms with Gasteiger partial charge in [0.2, 0.25) is 0 Å². The van der Waals surface area contributed by atoms with E-state index in [1.54, 1.807) is 13.0 Å². The maximum absolute atomic E-state index is 15.5. The molecule has 200 valence electrons. The Morgan fingerprint density at radius 1 is 1.05 bits per heavy atom. The van der Waals surface area contributed by atoms with Crippen molar-refractivity contribution >= 4 is 46.5 Å². The lowest BCUT2D eigenvalue weighted by Gasteiger charge is -2.28. The van der Waals surface area contributed by atoms with Crippen LogP contribution in [0.25, 0.3) is 11.1 Å². The smallest absolute Gasteiger partial charge is 0.334 e. The van der Waals surface area contributed by atoms with Crippen molar-refractivity contribution in [1.29, 1.82) is 0 Å². The van der Waals surface area contributed by atoms with Crippen LogP contribution in [0.1, 0.15) is 19.8 Å². The zero-order valence-electron chi connectivity index (χ0n) is 20.4. The Kier molecular flexibility index (Phi) is 8.38. The molecule has 0 bridgehead atoms. The lowest BCUT2D eigenvalue weighted by Crippen LogP contribution is -2.41. The van der Waals surface area contributed by atoms with Crippen molar-refractivity contribution in [2.45, 2.75) is 19.8 Å². The summed E-state index contributed by atoms with van der Waals surface area (Å²) < 4.78 is 45.2. The molecule has 3 N–H and O–H groups in total. The molecule has 12 heteroatoms. The van der Waals surface area contributed by atoms with Crippen LogP contribution in [0, 0.1) is 17.5 Å². The number of carbonyl (C=O) groups is 2. The topological polar surface area (TPSA) is 97.8 Å². The average Bonchev–Trinajstić information content (AvgIpc) is 2.95. The number of hydrogen-bond donors (Lipinski definition) is 3. The summed E-state index contributed by atoms with van der Waals surface area (Å²) in [5.74, 6) is -3.35. The first kappa shape index (κ1) is 27.2. The second-order valence-corrected chi connectivity index (χ2v) is 8.95. The van der Waals surface area contributed by atoms with Gasteiger partial charge in [-0.25, -0.2) is 22.9 Å². The van der Waals surface area contributed by atoms with E-state index >= 15 is 8.78 Å². The van der Waals surface area contributed by atoms with Crippen LogP contribution in [0.15, 0.2) is 42.6 Å². The van der Waals surface area contributed by atoms with Crippen LogP contribution in [-0.4, -0.2) is 48.3 Å². The Hall–Kier alpha value is -3.83. The second kappa shape index (κ2) is 11.7. The summed E-state index contributed by atoms with van der Waals surface area (Å²) in [4.78, 5) is 30.5. The molecule has 1 aromatic heterocycles. The minimum Gasteiger partial charge on any atom is -0.481 e. The highest BCUT2D eigenvalue weighted by Crippen LogP contribution is 2.45. The summed E-state index contributed by atoms with van der Waals surface area (Å²) in [7, 11) is 0. The normalized spacial score (nSPS) is 12.7. The Morgan fingerprint density at radius 2 is 1.79 bits per heavy atom. The van der Waals surface area contributed by atoms with Crippen LogP contribution in [0.4, 0.5) is 40.8 Å². The van der Waals surface area contributed by atoms with E-state index < -0.39 is 35.1 Å². The summed E-state index contributed by atoms with van der Waals surface area (Å²) in [6.45, 7) is 3.02. The molecule has 0 atom stereocenters. The van der Waals surface area contributed by atoms with Crippen molar-refractivity contribution in [2.75, 3.05) is 41.3 Å². The standard InChI is InChI=1S/C26H25ClF3N5O3/c1-2-34-25-19(11-16(28)14-33-25)18-6-5-15(27)10-22(18)35(26(34)38)24-20(29)12-17(13-21(24)30)32-9-8-31-7-3-4-23(36)37/h5-6,10-14,31-32H,2-4,7-9H2,1H3,(H,36,37). The molecular formula is C26H25ClF3N5O3. The summed E-state index contributed by atoms with van der Waals surface area (Å²) in [5.41, 5.74) is 0.239. The lowest BCUT2D eigenvalue weighted by molar-refractivity contribution is -0.137. The Morgan fingerprint density at radius 3 is 2.47 bits per heavy atom. The molecule has 1 aliphatic rings. The molecule has 4 rings (SSSR count). The molecule has 0 aliphatic carbocycles. The molecule has 0 saturated heterocycles. The number of carboxylic acid groups (broad SMARTS) is 1. The molecule has 0 unspecified atom stereocenters. The molecule has 0 fully saturated rings. The van der Waals surface area contributed by atoms with E-state index in [2.05, 4.69) is 15.6 Å². The van der Waals surface area contributed by atoms with Crippen LogP contribution in [0.5, 0.6) is 0 Å². The fourth-order valence-corrected chi connectivity index (χ4v) is 4.41. The van der Waals surface area contributed by atoms with Gasteiger partial charge in [-0.3, -0.25) is 14.6 Å². The number of aliphatic carboxylic acids is 1. The summed E-state index contributed by atoms with van der Waals surface area (Å²) in [5, 5.41) is 14.8. The zero-order valence-corrected chi connectivity index (χ0v) is 21.2. The number of rotatable bonds is 10. The van der Waals surface area contributed by atoms with Crippen LogP contribution >= 0.6 is 11.6 Å². The summed E-state index contributed by atoms with van der Waals surface area (Å²) >= 11 is 6.21. The number of anilines is 4. The fraction of sp³-hybridized carbons (Fsp3) is 0.269. The van der Waals surface area contributed by atoms with Gasteiger partial charge < -0.3 is 15.7 Å². The van der Waals surface area contributed by atoms with Crippen LogP contribution < -0.4 is 20.4 Å². The van der Waals surface area contributed by atoms with Crippen molar-refractivity contribution in [3.05, 3.63) is 65.1 Å².